The van der Waals surface area contributed by atoms with E-state index in [9.17, 15) is 4.79 Å². The fourth-order valence-electron chi connectivity index (χ4n) is 3.98. The van der Waals surface area contributed by atoms with E-state index in [0.717, 1.165) is 43.7 Å². The second-order valence-corrected chi connectivity index (χ2v) is 7.88. The smallest absolute Gasteiger partial charge is 0.255 e. The summed E-state index contributed by atoms with van der Waals surface area (Å²) in [6.45, 7) is 3.68. The molecule has 29 heavy (non-hydrogen) atoms. The summed E-state index contributed by atoms with van der Waals surface area (Å²) in [5.74, 6) is 0.720. The number of nitrogens with zero attached hydrogens (tertiary/aromatic N) is 2. The van der Waals surface area contributed by atoms with Crippen molar-refractivity contribution in [3.05, 3.63) is 89.7 Å². The molecule has 4 heteroatoms. The number of carbonyl (C=O) groups is 1. The Morgan fingerprint density at radius 1 is 1.00 bits per heavy atom. The summed E-state index contributed by atoms with van der Waals surface area (Å²) >= 11 is 0. The van der Waals surface area contributed by atoms with Gasteiger partial charge in [-0.1, -0.05) is 42.5 Å². The van der Waals surface area contributed by atoms with Crippen molar-refractivity contribution in [2.75, 3.05) is 18.4 Å². The Morgan fingerprint density at radius 2 is 1.79 bits per heavy atom. The Hall–Kier alpha value is -3.14. The lowest BCUT2D eigenvalue weighted by Gasteiger charge is -2.32. The quantitative estimate of drug-likeness (QED) is 0.654. The van der Waals surface area contributed by atoms with Gasteiger partial charge >= 0.3 is 0 Å². The maximum Gasteiger partial charge on any atom is 0.255 e. The van der Waals surface area contributed by atoms with E-state index in [0.29, 0.717) is 11.5 Å². The molecule has 0 aliphatic carbocycles. The molecule has 0 unspecified atom stereocenters. The third-order valence-corrected chi connectivity index (χ3v) is 5.56. The zero-order valence-corrected chi connectivity index (χ0v) is 16.8. The van der Waals surface area contributed by atoms with Crippen molar-refractivity contribution in [1.82, 2.24) is 9.88 Å². The third-order valence-electron chi connectivity index (χ3n) is 5.56. The van der Waals surface area contributed by atoms with Gasteiger partial charge in [-0.25, -0.2) is 0 Å². The Bertz CT molecular complexity index is 963. The first-order valence-electron chi connectivity index (χ1n) is 10.3. The van der Waals surface area contributed by atoms with Gasteiger partial charge in [-0.2, -0.15) is 0 Å². The Labute approximate surface area is 172 Å². The highest BCUT2D eigenvalue weighted by atomic mass is 16.2. The fourth-order valence-corrected chi connectivity index (χ4v) is 3.98. The molecule has 2 heterocycles. The van der Waals surface area contributed by atoms with Crippen molar-refractivity contribution in [3.8, 4) is 0 Å². The van der Waals surface area contributed by atoms with Gasteiger partial charge in [-0.15, -0.1) is 0 Å². The van der Waals surface area contributed by atoms with Crippen LogP contribution >= 0.6 is 0 Å². The van der Waals surface area contributed by atoms with Crippen LogP contribution in [0, 0.1) is 12.8 Å². The van der Waals surface area contributed by atoms with Crippen molar-refractivity contribution in [1.29, 1.82) is 0 Å². The lowest BCUT2D eigenvalue weighted by Crippen LogP contribution is -2.39. The minimum absolute atomic E-state index is 0.0727. The van der Waals surface area contributed by atoms with Crippen LogP contribution in [-0.4, -0.2) is 28.9 Å². The van der Waals surface area contributed by atoms with Crippen molar-refractivity contribution < 1.29 is 4.79 Å². The lowest BCUT2D eigenvalue weighted by atomic mass is 9.90. The molecule has 148 valence electrons. The molecule has 1 fully saturated rings. The minimum atomic E-state index is 0.0727. The van der Waals surface area contributed by atoms with E-state index in [1.165, 1.54) is 11.1 Å². The average Bonchev–Trinajstić information content (AvgIpc) is 2.75. The molecule has 0 radical (unpaired) electrons. The number of aryl methyl sites for hydroxylation is 1. The molecule has 4 nitrogen and oxygen atoms in total. The van der Waals surface area contributed by atoms with Crippen LogP contribution in [-0.2, 0) is 6.42 Å². The number of amides is 1. The molecule has 1 amide bonds. The number of hydrogen-bond donors (Lipinski definition) is 1. The Balaban J connectivity index is 1.36. The topological polar surface area (TPSA) is 45.2 Å². The van der Waals surface area contributed by atoms with Crippen LogP contribution in [0.15, 0.2) is 73.1 Å². The number of pyridine rings is 1. The third kappa shape index (κ3) is 5.02. The predicted molar refractivity (Wildman–Crippen MR) is 117 cm³/mol. The van der Waals surface area contributed by atoms with Crippen LogP contribution in [0.2, 0.25) is 0 Å². The second-order valence-electron chi connectivity index (χ2n) is 7.88. The molecule has 0 bridgehead atoms. The summed E-state index contributed by atoms with van der Waals surface area (Å²) in [5, 5.41) is 3.34. The highest BCUT2D eigenvalue weighted by molar-refractivity contribution is 5.95. The number of carbonyl (C=O) groups excluding carboxylic acids is 1. The van der Waals surface area contributed by atoms with Crippen LogP contribution in [0.4, 0.5) is 11.4 Å². The van der Waals surface area contributed by atoms with Crippen molar-refractivity contribution in [2.45, 2.75) is 26.2 Å². The van der Waals surface area contributed by atoms with E-state index in [1.807, 2.05) is 23.1 Å². The molecule has 4 rings (SSSR count). The molecular formula is C25H27N3O. The first-order valence-corrected chi connectivity index (χ1v) is 10.3. The van der Waals surface area contributed by atoms with Gasteiger partial charge in [0.2, 0.25) is 0 Å². The predicted octanol–water partition coefficient (Wildman–Crippen LogP) is 5.23. The number of piperidine rings is 1. The van der Waals surface area contributed by atoms with Gasteiger partial charge in [0.25, 0.3) is 5.91 Å². The highest BCUT2D eigenvalue weighted by Gasteiger charge is 2.24. The van der Waals surface area contributed by atoms with E-state index in [4.69, 9.17) is 0 Å². The molecule has 2 aromatic carbocycles. The van der Waals surface area contributed by atoms with Crippen LogP contribution in [0.1, 0.15) is 34.3 Å². The van der Waals surface area contributed by atoms with E-state index in [2.05, 4.69) is 59.7 Å². The molecule has 0 saturated carbocycles. The molecule has 3 aromatic rings. The van der Waals surface area contributed by atoms with Crippen molar-refractivity contribution in [2.24, 2.45) is 5.92 Å². The van der Waals surface area contributed by atoms with Gasteiger partial charge in [0.1, 0.15) is 0 Å². The molecule has 1 N–H and O–H groups in total. The number of hydrogen-bond acceptors (Lipinski definition) is 3. The number of anilines is 2. The zero-order chi connectivity index (χ0) is 20.1. The molecule has 1 aliphatic rings. The number of aromatic nitrogens is 1. The number of likely N-dealkylation sites (tertiary alicyclic amines) is 1. The highest BCUT2D eigenvalue weighted by Crippen LogP contribution is 2.24. The van der Waals surface area contributed by atoms with E-state index >= 15 is 0 Å². The maximum atomic E-state index is 13.0. The number of rotatable bonds is 5. The zero-order valence-electron chi connectivity index (χ0n) is 16.8. The standard InChI is InChI=1S/C25H27N3O/c1-19-6-5-9-23(14-19)27-24-16-22(17-26-18-24)25(29)28-12-10-21(11-13-28)15-20-7-3-2-4-8-20/h2-9,14,16-18,21,27H,10-13,15H2,1H3. The molecule has 1 aromatic heterocycles. The van der Waals surface area contributed by atoms with Crippen molar-refractivity contribution >= 4 is 17.3 Å². The Morgan fingerprint density at radius 3 is 2.55 bits per heavy atom. The van der Waals surface area contributed by atoms with Crippen molar-refractivity contribution in [3.63, 3.8) is 0 Å². The molecular weight excluding hydrogens is 358 g/mol. The Kier molecular flexibility index (Phi) is 5.89. The normalized spacial score (nSPS) is 14.6. The summed E-state index contributed by atoms with van der Waals surface area (Å²) < 4.78 is 0. The first kappa shape index (κ1) is 19.2. The monoisotopic (exact) mass is 385 g/mol. The second kappa shape index (κ2) is 8.91. The van der Waals surface area contributed by atoms with E-state index < -0.39 is 0 Å². The van der Waals surface area contributed by atoms with Gasteiger partial charge < -0.3 is 10.2 Å². The van der Waals surface area contributed by atoms with Gasteiger partial charge in [0.15, 0.2) is 0 Å². The summed E-state index contributed by atoms with van der Waals surface area (Å²) in [7, 11) is 0. The fraction of sp³-hybridized carbons (Fsp3) is 0.280. The summed E-state index contributed by atoms with van der Waals surface area (Å²) in [6, 6.07) is 20.7. The molecule has 1 saturated heterocycles. The minimum Gasteiger partial charge on any atom is -0.354 e. The van der Waals surface area contributed by atoms with Gasteiger partial charge in [-0.3, -0.25) is 9.78 Å². The van der Waals surface area contributed by atoms with Gasteiger partial charge in [0, 0.05) is 25.0 Å². The summed E-state index contributed by atoms with van der Waals surface area (Å²) in [4.78, 5) is 19.2. The van der Waals surface area contributed by atoms with Crippen LogP contribution in [0.25, 0.3) is 0 Å². The van der Waals surface area contributed by atoms with Gasteiger partial charge in [0.05, 0.1) is 17.4 Å². The average molecular weight is 386 g/mol. The summed E-state index contributed by atoms with van der Waals surface area (Å²) in [5.41, 5.74) is 5.05. The first-order chi connectivity index (χ1) is 14.2. The van der Waals surface area contributed by atoms with Crippen LogP contribution in [0.3, 0.4) is 0 Å². The largest absolute Gasteiger partial charge is 0.354 e. The van der Waals surface area contributed by atoms with Crippen LogP contribution < -0.4 is 5.32 Å². The van der Waals surface area contributed by atoms with Crippen LogP contribution in [0.5, 0.6) is 0 Å². The lowest BCUT2D eigenvalue weighted by molar-refractivity contribution is 0.0690. The SMILES string of the molecule is Cc1cccc(Nc2cncc(C(=O)N3CCC(Cc4ccccc4)CC3)c2)c1. The molecule has 0 spiro atoms. The molecule has 1 aliphatic heterocycles. The maximum absolute atomic E-state index is 13.0. The summed E-state index contributed by atoms with van der Waals surface area (Å²) in [6.07, 6.45) is 6.62. The molecule has 0 atom stereocenters. The van der Waals surface area contributed by atoms with E-state index in [1.54, 1.807) is 12.4 Å². The number of nitrogens with one attached hydrogen (secondary N) is 1. The van der Waals surface area contributed by atoms with E-state index in [-0.39, 0.29) is 5.91 Å². The number of benzene rings is 2. The van der Waals surface area contributed by atoms with Gasteiger partial charge in [-0.05, 0) is 61.4 Å².